The van der Waals surface area contributed by atoms with Gasteiger partial charge in [0.2, 0.25) is 5.16 Å². The van der Waals surface area contributed by atoms with Crippen LogP contribution in [0.5, 0.6) is 5.75 Å². The summed E-state index contributed by atoms with van der Waals surface area (Å²) in [6.45, 7) is 0. The first-order valence-corrected chi connectivity index (χ1v) is 10.1. The summed E-state index contributed by atoms with van der Waals surface area (Å²) in [5, 5.41) is 27.0. The maximum atomic E-state index is 11.6. The van der Waals surface area contributed by atoms with Crippen molar-refractivity contribution in [2.24, 2.45) is 0 Å². The van der Waals surface area contributed by atoms with Gasteiger partial charge in [-0.3, -0.25) is 5.10 Å². The number of nitrogens with one attached hydrogen (secondary N) is 1. The Hall–Kier alpha value is -1.81. The van der Waals surface area contributed by atoms with Gasteiger partial charge in [0.25, 0.3) is 0 Å². The van der Waals surface area contributed by atoms with E-state index in [9.17, 15) is 15.0 Å². The van der Waals surface area contributed by atoms with E-state index in [2.05, 4.69) is 47.0 Å². The molecule has 0 aliphatic rings. The molecule has 1 heterocycles. The predicted octanol–water partition coefficient (Wildman–Crippen LogP) is 5.57. The highest BCUT2D eigenvalue weighted by Crippen LogP contribution is 2.35. The third kappa shape index (κ3) is 4.92. The van der Waals surface area contributed by atoms with Gasteiger partial charge in [-0.1, -0.05) is 11.6 Å². The fourth-order valence-electron chi connectivity index (χ4n) is 2.08. The Balaban J connectivity index is 1.87. The van der Waals surface area contributed by atoms with Crippen LogP contribution in [0, 0.1) is 0 Å². The van der Waals surface area contributed by atoms with E-state index in [-0.39, 0.29) is 15.8 Å². The Morgan fingerprint density at radius 2 is 1.81 bits per heavy atom. The van der Waals surface area contributed by atoms with Crippen LogP contribution in [-0.2, 0) is 4.79 Å². The number of benzene rings is 2. The molecule has 0 atom stereocenters. The van der Waals surface area contributed by atoms with Gasteiger partial charge in [-0.2, -0.15) is 0 Å². The van der Waals surface area contributed by atoms with Crippen molar-refractivity contribution >= 4 is 67.3 Å². The molecule has 0 fully saturated rings. The monoisotopic (exact) mass is 529 g/mol. The lowest BCUT2D eigenvalue weighted by atomic mass is 10.2. The van der Waals surface area contributed by atoms with E-state index in [4.69, 9.17) is 11.6 Å². The highest BCUT2D eigenvalue weighted by atomic mass is 79.9. The number of aromatic nitrogens is 3. The number of carbonyl (C=O) groups is 1. The minimum absolute atomic E-state index is 0.0288. The molecule has 2 aromatic carbocycles. The Bertz CT molecular complexity index is 1020. The van der Waals surface area contributed by atoms with Gasteiger partial charge in [-0.05, 0) is 91.7 Å². The van der Waals surface area contributed by atoms with Gasteiger partial charge in [-0.15, -0.1) is 5.10 Å². The Morgan fingerprint density at radius 3 is 2.41 bits per heavy atom. The quantitative estimate of drug-likeness (QED) is 0.294. The average molecular weight is 532 g/mol. The number of aromatic hydroxyl groups is 1. The van der Waals surface area contributed by atoms with Crippen LogP contribution >= 0.6 is 55.2 Å². The molecule has 0 unspecified atom stereocenters. The number of halogens is 3. The minimum atomic E-state index is -1.11. The van der Waals surface area contributed by atoms with Crippen molar-refractivity contribution in [2.75, 3.05) is 0 Å². The molecule has 3 N–H and O–H groups in total. The van der Waals surface area contributed by atoms with E-state index in [0.717, 1.165) is 17.3 Å². The molecule has 27 heavy (non-hydrogen) atoms. The molecular formula is C17H10Br2ClN3O3S. The number of aromatic amines is 1. The van der Waals surface area contributed by atoms with E-state index < -0.39 is 5.97 Å². The number of hydrogen-bond donors (Lipinski definition) is 3. The summed E-state index contributed by atoms with van der Waals surface area (Å²) >= 11 is 13.2. The maximum Gasteiger partial charge on any atom is 0.342 e. The minimum Gasteiger partial charge on any atom is -0.506 e. The smallest absolute Gasteiger partial charge is 0.342 e. The van der Waals surface area contributed by atoms with Gasteiger partial charge in [0, 0.05) is 10.6 Å². The second-order valence-corrected chi connectivity index (χ2v) is 8.38. The normalized spacial score (nSPS) is 11.6. The van der Waals surface area contributed by atoms with Crippen molar-refractivity contribution in [2.45, 2.75) is 5.16 Å². The third-order valence-electron chi connectivity index (χ3n) is 3.33. The van der Waals surface area contributed by atoms with Gasteiger partial charge in [0.05, 0.1) is 8.95 Å². The first kappa shape index (κ1) is 19.9. The second kappa shape index (κ2) is 8.47. The lowest BCUT2D eigenvalue weighted by Gasteiger charge is -2.04. The van der Waals surface area contributed by atoms with E-state index in [1.54, 1.807) is 36.4 Å². The van der Waals surface area contributed by atoms with Gasteiger partial charge in [0.1, 0.15) is 10.7 Å². The van der Waals surface area contributed by atoms with Crippen LogP contribution in [0.2, 0.25) is 5.02 Å². The van der Waals surface area contributed by atoms with Crippen LogP contribution in [-0.4, -0.2) is 31.4 Å². The zero-order chi connectivity index (χ0) is 19.6. The third-order valence-corrected chi connectivity index (χ3v) is 5.67. The summed E-state index contributed by atoms with van der Waals surface area (Å²) in [6, 6.07) is 10.3. The van der Waals surface area contributed by atoms with Gasteiger partial charge in [0.15, 0.2) is 5.82 Å². The fraction of sp³-hybridized carbons (Fsp3) is 0. The fourth-order valence-corrected chi connectivity index (χ4v) is 4.14. The van der Waals surface area contributed by atoms with E-state index in [1.807, 2.05) is 0 Å². The SMILES string of the molecule is O=C(O)/C(=C/c1cc(Br)c(O)c(Br)c1)Sc1n[nH]c(-c2ccc(Cl)cc2)n1. The summed E-state index contributed by atoms with van der Waals surface area (Å²) in [5.74, 6) is -0.564. The van der Waals surface area contributed by atoms with Crippen LogP contribution in [0.1, 0.15) is 5.56 Å². The predicted molar refractivity (Wildman–Crippen MR) is 112 cm³/mol. The molecule has 138 valence electrons. The van der Waals surface area contributed by atoms with Crippen LogP contribution < -0.4 is 0 Å². The molecule has 1 aromatic heterocycles. The molecule has 10 heteroatoms. The number of thioether (sulfide) groups is 1. The van der Waals surface area contributed by atoms with Crippen molar-refractivity contribution in [3.63, 3.8) is 0 Å². The van der Waals surface area contributed by atoms with Gasteiger partial charge in [-0.25, -0.2) is 9.78 Å². The molecular weight excluding hydrogens is 522 g/mol. The largest absolute Gasteiger partial charge is 0.506 e. The topological polar surface area (TPSA) is 99.1 Å². The maximum absolute atomic E-state index is 11.6. The molecule has 0 saturated heterocycles. The standard InChI is InChI=1S/C17H10Br2ClN3O3S/c18-11-5-8(6-12(19)14(11)24)7-13(16(25)26)27-17-21-15(22-23-17)9-1-3-10(20)4-2-9/h1-7,24H,(H,25,26)(H,21,22,23)/b13-7-. The molecule has 0 bridgehead atoms. The number of H-pyrrole nitrogens is 1. The number of rotatable bonds is 5. The number of nitrogens with zero attached hydrogens (tertiary/aromatic N) is 2. The molecule has 6 nitrogen and oxygen atoms in total. The van der Waals surface area contributed by atoms with Crippen molar-refractivity contribution < 1.29 is 15.0 Å². The molecule has 3 rings (SSSR count). The molecule has 0 aliphatic heterocycles. The van der Waals surface area contributed by atoms with Crippen LogP contribution in [0.25, 0.3) is 17.5 Å². The van der Waals surface area contributed by atoms with Crippen molar-refractivity contribution in [3.05, 3.63) is 60.8 Å². The van der Waals surface area contributed by atoms with Gasteiger partial charge >= 0.3 is 5.97 Å². The van der Waals surface area contributed by atoms with E-state index >= 15 is 0 Å². The Labute approximate surface area is 179 Å². The van der Waals surface area contributed by atoms with Crippen LogP contribution in [0.15, 0.2) is 55.4 Å². The van der Waals surface area contributed by atoms with E-state index in [0.29, 0.717) is 25.4 Å². The zero-order valence-corrected chi connectivity index (χ0v) is 18.0. The zero-order valence-electron chi connectivity index (χ0n) is 13.3. The first-order valence-electron chi connectivity index (χ1n) is 7.32. The number of phenolic OH excluding ortho intramolecular Hbond substituents is 1. The highest BCUT2D eigenvalue weighted by Gasteiger charge is 2.15. The average Bonchev–Trinajstić information content (AvgIpc) is 3.08. The van der Waals surface area contributed by atoms with E-state index in [1.165, 1.54) is 6.08 Å². The number of carboxylic acids is 1. The highest BCUT2D eigenvalue weighted by molar-refractivity contribution is 9.11. The van der Waals surface area contributed by atoms with Gasteiger partial charge < -0.3 is 10.2 Å². The molecule has 0 radical (unpaired) electrons. The second-order valence-electron chi connectivity index (χ2n) is 5.22. The summed E-state index contributed by atoms with van der Waals surface area (Å²) in [4.78, 5) is 16.0. The molecule has 0 amide bonds. The summed E-state index contributed by atoms with van der Waals surface area (Å²) in [7, 11) is 0. The number of hydrogen-bond acceptors (Lipinski definition) is 5. The molecule has 0 aliphatic carbocycles. The summed E-state index contributed by atoms with van der Waals surface area (Å²) in [6.07, 6.45) is 1.47. The molecule has 0 spiro atoms. The molecule has 0 saturated carbocycles. The molecule has 3 aromatic rings. The first-order chi connectivity index (χ1) is 12.8. The van der Waals surface area contributed by atoms with Crippen LogP contribution in [0.3, 0.4) is 0 Å². The number of phenols is 1. The van der Waals surface area contributed by atoms with Crippen molar-refractivity contribution in [3.8, 4) is 17.1 Å². The number of carboxylic acid groups (broad SMARTS) is 1. The Morgan fingerprint density at radius 1 is 1.19 bits per heavy atom. The summed E-state index contributed by atoms with van der Waals surface area (Å²) < 4.78 is 0.890. The lowest BCUT2D eigenvalue weighted by molar-refractivity contribution is -0.131. The Kier molecular flexibility index (Phi) is 6.25. The van der Waals surface area contributed by atoms with Crippen molar-refractivity contribution in [1.29, 1.82) is 0 Å². The van der Waals surface area contributed by atoms with Crippen molar-refractivity contribution in [1.82, 2.24) is 15.2 Å². The lowest BCUT2D eigenvalue weighted by Crippen LogP contribution is -1.97. The summed E-state index contributed by atoms with van der Waals surface area (Å²) in [5.41, 5.74) is 1.37. The number of aliphatic carboxylic acids is 1. The van der Waals surface area contributed by atoms with Crippen LogP contribution in [0.4, 0.5) is 0 Å².